The third kappa shape index (κ3) is 2.35. The Kier molecular flexibility index (Phi) is 3.33. The highest BCUT2D eigenvalue weighted by molar-refractivity contribution is 5.92. The van der Waals surface area contributed by atoms with Crippen molar-refractivity contribution in [1.29, 1.82) is 0 Å². The van der Waals surface area contributed by atoms with Gasteiger partial charge in [0.15, 0.2) is 5.69 Å². The van der Waals surface area contributed by atoms with Crippen LogP contribution in [0.2, 0.25) is 0 Å². The lowest BCUT2D eigenvalue weighted by Crippen LogP contribution is -2.14. The molecule has 2 rings (SSSR count). The van der Waals surface area contributed by atoms with Gasteiger partial charge in [-0.1, -0.05) is 5.21 Å². The normalized spacial score (nSPS) is 12.3. The van der Waals surface area contributed by atoms with Crippen LogP contribution < -0.4 is 0 Å². The van der Waals surface area contributed by atoms with Gasteiger partial charge in [-0.3, -0.25) is 4.98 Å². The molecule has 94 valence electrons. The maximum absolute atomic E-state index is 11.1. The van der Waals surface area contributed by atoms with Crippen molar-refractivity contribution in [3.05, 3.63) is 30.2 Å². The molecule has 2 heterocycles. The first kappa shape index (κ1) is 12.2. The molecule has 0 aromatic carbocycles. The highest BCUT2D eigenvalue weighted by Gasteiger charge is 2.21. The van der Waals surface area contributed by atoms with E-state index in [4.69, 9.17) is 5.11 Å². The average molecular weight is 248 g/mol. The van der Waals surface area contributed by atoms with Crippen molar-refractivity contribution in [2.75, 3.05) is 0 Å². The van der Waals surface area contributed by atoms with Gasteiger partial charge < -0.3 is 10.2 Å². The van der Waals surface area contributed by atoms with E-state index in [0.717, 1.165) is 0 Å². The van der Waals surface area contributed by atoms with Crippen LogP contribution in [0.4, 0.5) is 0 Å². The first-order valence-corrected chi connectivity index (χ1v) is 5.35. The lowest BCUT2D eigenvalue weighted by atomic mass is 10.1. The largest absolute Gasteiger partial charge is 0.476 e. The van der Waals surface area contributed by atoms with Crippen LogP contribution in [-0.4, -0.2) is 42.3 Å². The van der Waals surface area contributed by atoms with Gasteiger partial charge in [-0.15, -0.1) is 5.10 Å². The summed E-state index contributed by atoms with van der Waals surface area (Å²) in [5, 5.41) is 25.8. The number of carbonyl (C=O) groups is 1. The monoisotopic (exact) mass is 248 g/mol. The van der Waals surface area contributed by atoms with Crippen LogP contribution in [0.1, 0.15) is 17.4 Å². The average Bonchev–Trinajstić information content (AvgIpc) is 2.73. The van der Waals surface area contributed by atoms with E-state index in [9.17, 15) is 9.90 Å². The van der Waals surface area contributed by atoms with Crippen molar-refractivity contribution in [3.8, 4) is 11.3 Å². The Bertz CT molecular complexity index is 551. The van der Waals surface area contributed by atoms with E-state index in [-0.39, 0.29) is 12.2 Å². The number of hydrogen-bond acceptors (Lipinski definition) is 5. The van der Waals surface area contributed by atoms with Crippen LogP contribution in [0.5, 0.6) is 0 Å². The summed E-state index contributed by atoms with van der Waals surface area (Å²) in [6, 6.07) is 3.41. The Morgan fingerprint density at radius 3 is 2.89 bits per heavy atom. The lowest BCUT2D eigenvalue weighted by Gasteiger charge is -2.08. The van der Waals surface area contributed by atoms with Crippen molar-refractivity contribution in [3.63, 3.8) is 0 Å². The van der Waals surface area contributed by atoms with E-state index < -0.39 is 12.1 Å². The number of carboxylic acids is 1. The SMILES string of the molecule is CC(O)Cn1nnc(C(=O)O)c1-c1cccnc1. The number of aromatic carboxylic acids is 1. The van der Waals surface area contributed by atoms with Crippen LogP contribution in [0, 0.1) is 0 Å². The quantitative estimate of drug-likeness (QED) is 0.813. The molecule has 0 amide bonds. The third-order valence-electron chi connectivity index (χ3n) is 2.31. The summed E-state index contributed by atoms with van der Waals surface area (Å²) in [7, 11) is 0. The molecule has 18 heavy (non-hydrogen) atoms. The van der Waals surface area contributed by atoms with Crippen molar-refractivity contribution in [2.24, 2.45) is 0 Å². The number of carboxylic acid groups (broad SMARTS) is 1. The van der Waals surface area contributed by atoms with E-state index >= 15 is 0 Å². The molecule has 0 fully saturated rings. The van der Waals surface area contributed by atoms with Gasteiger partial charge in [0.25, 0.3) is 0 Å². The molecule has 1 unspecified atom stereocenters. The number of rotatable bonds is 4. The molecule has 0 bridgehead atoms. The molecule has 2 aromatic heterocycles. The van der Waals surface area contributed by atoms with Crippen LogP contribution in [0.15, 0.2) is 24.5 Å². The molecule has 0 aliphatic carbocycles. The number of hydrogen-bond donors (Lipinski definition) is 2. The second-order valence-corrected chi connectivity index (χ2v) is 3.86. The molecule has 7 heteroatoms. The fraction of sp³-hybridized carbons (Fsp3) is 0.273. The summed E-state index contributed by atoms with van der Waals surface area (Å²) in [6.07, 6.45) is 2.47. The van der Waals surface area contributed by atoms with Gasteiger partial charge in [0.2, 0.25) is 0 Å². The third-order valence-corrected chi connectivity index (χ3v) is 2.31. The second-order valence-electron chi connectivity index (χ2n) is 3.86. The number of aliphatic hydroxyl groups excluding tert-OH is 1. The van der Waals surface area contributed by atoms with Crippen LogP contribution in [0.25, 0.3) is 11.3 Å². The van der Waals surface area contributed by atoms with Crippen molar-refractivity contribution >= 4 is 5.97 Å². The van der Waals surface area contributed by atoms with E-state index in [0.29, 0.717) is 11.3 Å². The van der Waals surface area contributed by atoms with E-state index in [1.165, 1.54) is 10.9 Å². The highest BCUT2D eigenvalue weighted by Crippen LogP contribution is 2.21. The second kappa shape index (κ2) is 4.92. The van der Waals surface area contributed by atoms with E-state index in [1.807, 2.05) is 0 Å². The number of aliphatic hydroxyl groups is 1. The van der Waals surface area contributed by atoms with Gasteiger partial charge in [0.1, 0.15) is 5.69 Å². The summed E-state index contributed by atoms with van der Waals surface area (Å²) >= 11 is 0. The molecule has 2 N–H and O–H groups in total. The molecule has 0 aliphatic rings. The predicted octanol–water partition coefficient (Wildman–Crippen LogP) is 0.419. The minimum atomic E-state index is -1.16. The highest BCUT2D eigenvalue weighted by atomic mass is 16.4. The Morgan fingerprint density at radius 2 is 2.33 bits per heavy atom. The molecule has 0 spiro atoms. The van der Waals surface area contributed by atoms with Crippen LogP contribution in [-0.2, 0) is 6.54 Å². The van der Waals surface area contributed by atoms with Crippen LogP contribution in [0.3, 0.4) is 0 Å². The standard InChI is InChI=1S/C11H12N4O3/c1-7(16)6-15-10(8-3-2-4-12-5-8)9(11(17)18)13-14-15/h2-5,7,16H,6H2,1H3,(H,17,18). The molecule has 7 nitrogen and oxygen atoms in total. The molecular formula is C11H12N4O3. The molecule has 0 radical (unpaired) electrons. The first-order chi connectivity index (χ1) is 8.59. The first-order valence-electron chi connectivity index (χ1n) is 5.35. The molecule has 2 aromatic rings. The molecular weight excluding hydrogens is 236 g/mol. The maximum atomic E-state index is 11.1. The number of aromatic nitrogens is 4. The summed E-state index contributed by atoms with van der Waals surface area (Å²) in [6.45, 7) is 1.76. The summed E-state index contributed by atoms with van der Waals surface area (Å²) in [4.78, 5) is 15.0. The smallest absolute Gasteiger partial charge is 0.358 e. The van der Waals surface area contributed by atoms with Gasteiger partial charge >= 0.3 is 5.97 Å². The Balaban J connectivity index is 2.54. The van der Waals surface area contributed by atoms with Crippen molar-refractivity contribution < 1.29 is 15.0 Å². The Labute approximate surface area is 103 Å². The predicted molar refractivity (Wildman–Crippen MR) is 61.9 cm³/mol. The van der Waals surface area contributed by atoms with Gasteiger partial charge in [-0.05, 0) is 19.1 Å². The summed E-state index contributed by atoms with van der Waals surface area (Å²) < 4.78 is 1.37. The summed E-state index contributed by atoms with van der Waals surface area (Å²) in [5.74, 6) is -1.16. The minimum Gasteiger partial charge on any atom is -0.476 e. The van der Waals surface area contributed by atoms with Crippen molar-refractivity contribution in [2.45, 2.75) is 19.6 Å². The molecule has 0 saturated carbocycles. The zero-order valence-corrected chi connectivity index (χ0v) is 9.69. The summed E-state index contributed by atoms with van der Waals surface area (Å²) in [5.41, 5.74) is 0.792. The van der Waals surface area contributed by atoms with Crippen molar-refractivity contribution in [1.82, 2.24) is 20.0 Å². The van der Waals surface area contributed by atoms with E-state index in [1.54, 1.807) is 25.3 Å². The lowest BCUT2D eigenvalue weighted by molar-refractivity contribution is 0.0691. The zero-order chi connectivity index (χ0) is 13.1. The molecule has 1 atom stereocenters. The zero-order valence-electron chi connectivity index (χ0n) is 9.69. The Morgan fingerprint density at radius 1 is 1.56 bits per heavy atom. The van der Waals surface area contributed by atoms with E-state index in [2.05, 4.69) is 15.3 Å². The number of pyridine rings is 1. The molecule has 0 saturated heterocycles. The Hall–Kier alpha value is -2.28. The number of nitrogens with zero attached hydrogens (tertiary/aromatic N) is 4. The maximum Gasteiger partial charge on any atom is 0.358 e. The van der Waals surface area contributed by atoms with Crippen LogP contribution >= 0.6 is 0 Å². The fourth-order valence-electron chi connectivity index (χ4n) is 1.62. The van der Waals surface area contributed by atoms with Gasteiger partial charge in [0, 0.05) is 18.0 Å². The minimum absolute atomic E-state index is 0.149. The molecule has 0 aliphatic heterocycles. The van der Waals surface area contributed by atoms with Gasteiger partial charge in [0.05, 0.1) is 12.6 Å². The topological polar surface area (TPSA) is 101 Å². The fourth-order valence-corrected chi connectivity index (χ4v) is 1.62. The van der Waals surface area contributed by atoms with Gasteiger partial charge in [-0.2, -0.15) is 0 Å². The van der Waals surface area contributed by atoms with Gasteiger partial charge in [-0.25, -0.2) is 9.48 Å².